The summed E-state index contributed by atoms with van der Waals surface area (Å²) in [6, 6.07) is 61.9. The summed E-state index contributed by atoms with van der Waals surface area (Å²) in [6.45, 7) is 0. The molecule has 8 aromatic carbocycles. The molecule has 0 amide bonds. The van der Waals surface area contributed by atoms with Gasteiger partial charge < -0.3 is 4.42 Å². The molecular formula is C51H29N3OS2. The van der Waals surface area contributed by atoms with E-state index in [0.717, 1.165) is 49.8 Å². The molecule has 57 heavy (non-hydrogen) atoms. The van der Waals surface area contributed by atoms with Crippen molar-refractivity contribution in [1.29, 1.82) is 0 Å². The zero-order valence-electron chi connectivity index (χ0n) is 30.3. The summed E-state index contributed by atoms with van der Waals surface area (Å²) >= 11 is 3.73. The Bertz CT molecular complexity index is 3470. The fourth-order valence-corrected chi connectivity index (χ4v) is 10.8. The molecule has 0 aliphatic heterocycles. The van der Waals surface area contributed by atoms with Gasteiger partial charge in [-0.3, -0.25) is 0 Å². The maximum Gasteiger partial charge on any atom is 0.167 e. The molecule has 0 saturated heterocycles. The van der Waals surface area contributed by atoms with Crippen molar-refractivity contribution in [3.8, 4) is 56.4 Å². The lowest BCUT2D eigenvalue weighted by atomic mass is 9.92. The highest BCUT2D eigenvalue weighted by Gasteiger charge is 2.22. The Kier molecular flexibility index (Phi) is 7.24. The largest absolute Gasteiger partial charge is 0.455 e. The lowest BCUT2D eigenvalue weighted by molar-refractivity contribution is 0.669. The number of thiophene rings is 2. The van der Waals surface area contributed by atoms with Crippen LogP contribution in [0, 0.1) is 0 Å². The van der Waals surface area contributed by atoms with E-state index in [4.69, 9.17) is 19.4 Å². The van der Waals surface area contributed by atoms with Crippen LogP contribution in [0.15, 0.2) is 180 Å². The molecule has 0 atom stereocenters. The molecule has 12 aromatic rings. The first-order valence-corrected chi connectivity index (χ1v) is 20.6. The molecule has 0 unspecified atom stereocenters. The SMILES string of the molecule is c1ccc(-c2nc(-c3ccccc3)nc(-c3cccc4c3oc3cccc(-c5cc(-c6cccc7c6sc6ccccc67)c6c(c5)sc5ccccc56)c34)n2)cc1. The zero-order chi connectivity index (χ0) is 37.5. The minimum Gasteiger partial charge on any atom is -0.455 e. The fraction of sp³-hybridized carbons (Fsp3) is 0. The third-order valence-electron chi connectivity index (χ3n) is 10.9. The van der Waals surface area contributed by atoms with Crippen LogP contribution < -0.4 is 0 Å². The van der Waals surface area contributed by atoms with E-state index in [0.29, 0.717) is 17.5 Å². The first-order chi connectivity index (χ1) is 28.2. The van der Waals surface area contributed by atoms with Crippen LogP contribution in [0.5, 0.6) is 0 Å². The van der Waals surface area contributed by atoms with Crippen LogP contribution in [0.2, 0.25) is 0 Å². The second kappa shape index (κ2) is 12.8. The van der Waals surface area contributed by atoms with E-state index in [-0.39, 0.29) is 0 Å². The number of rotatable bonds is 5. The van der Waals surface area contributed by atoms with E-state index in [1.165, 1.54) is 51.5 Å². The molecule has 0 aliphatic rings. The van der Waals surface area contributed by atoms with Crippen molar-refractivity contribution in [2.75, 3.05) is 0 Å². The van der Waals surface area contributed by atoms with Gasteiger partial charge in [0.25, 0.3) is 0 Å². The molecule has 6 heteroatoms. The summed E-state index contributed by atoms with van der Waals surface area (Å²) in [4.78, 5) is 15.1. The zero-order valence-corrected chi connectivity index (χ0v) is 31.9. The van der Waals surface area contributed by atoms with Crippen LogP contribution in [0.3, 0.4) is 0 Å². The summed E-state index contributed by atoms with van der Waals surface area (Å²) in [5, 5.41) is 7.28. The number of nitrogens with zero attached hydrogens (tertiary/aromatic N) is 3. The number of aromatic nitrogens is 3. The average Bonchev–Trinajstić information content (AvgIpc) is 3.98. The highest BCUT2D eigenvalue weighted by Crippen LogP contribution is 2.48. The Morgan fingerprint density at radius 2 is 0.930 bits per heavy atom. The predicted molar refractivity (Wildman–Crippen MR) is 240 cm³/mol. The number of hydrogen-bond donors (Lipinski definition) is 0. The van der Waals surface area contributed by atoms with Crippen molar-refractivity contribution in [2.24, 2.45) is 0 Å². The van der Waals surface area contributed by atoms with Crippen LogP contribution in [0.4, 0.5) is 0 Å². The third-order valence-corrected chi connectivity index (χ3v) is 13.3. The molecular weight excluding hydrogens is 735 g/mol. The van der Waals surface area contributed by atoms with Gasteiger partial charge in [-0.1, -0.05) is 140 Å². The van der Waals surface area contributed by atoms with E-state index in [1.807, 2.05) is 83.3 Å². The second-order valence-electron chi connectivity index (χ2n) is 14.3. The van der Waals surface area contributed by atoms with Crippen molar-refractivity contribution in [1.82, 2.24) is 15.0 Å². The maximum absolute atomic E-state index is 6.84. The van der Waals surface area contributed by atoms with Crippen LogP contribution in [-0.4, -0.2) is 15.0 Å². The molecule has 4 nitrogen and oxygen atoms in total. The van der Waals surface area contributed by atoms with Crippen LogP contribution in [0.25, 0.3) is 119 Å². The minimum atomic E-state index is 0.569. The molecule has 266 valence electrons. The summed E-state index contributed by atoms with van der Waals surface area (Å²) in [5.41, 5.74) is 9.03. The number of para-hydroxylation sites is 1. The first-order valence-electron chi connectivity index (χ1n) is 18.9. The normalized spacial score (nSPS) is 11.9. The van der Waals surface area contributed by atoms with Crippen LogP contribution in [-0.2, 0) is 0 Å². The molecule has 4 heterocycles. The molecule has 0 radical (unpaired) electrons. The van der Waals surface area contributed by atoms with Gasteiger partial charge in [0.15, 0.2) is 17.5 Å². The highest BCUT2D eigenvalue weighted by atomic mass is 32.1. The Labute approximate surface area is 335 Å². The van der Waals surface area contributed by atoms with E-state index < -0.39 is 0 Å². The summed E-state index contributed by atoms with van der Waals surface area (Å²) < 4.78 is 12.0. The van der Waals surface area contributed by atoms with Crippen LogP contribution >= 0.6 is 22.7 Å². The molecule has 0 aliphatic carbocycles. The molecule has 4 aromatic heterocycles. The number of furan rings is 1. The van der Waals surface area contributed by atoms with Gasteiger partial charge in [0, 0.05) is 67.8 Å². The molecule has 0 saturated carbocycles. The predicted octanol–water partition coefficient (Wildman–Crippen LogP) is 14.8. The van der Waals surface area contributed by atoms with Gasteiger partial charge in [0.05, 0.1) is 5.56 Å². The Balaban J connectivity index is 1.10. The van der Waals surface area contributed by atoms with Gasteiger partial charge >= 0.3 is 0 Å². The van der Waals surface area contributed by atoms with Crippen molar-refractivity contribution in [3.63, 3.8) is 0 Å². The van der Waals surface area contributed by atoms with E-state index in [1.54, 1.807) is 0 Å². The van der Waals surface area contributed by atoms with E-state index >= 15 is 0 Å². The van der Waals surface area contributed by atoms with Gasteiger partial charge in [-0.25, -0.2) is 15.0 Å². The average molecular weight is 764 g/mol. The van der Waals surface area contributed by atoms with E-state index in [9.17, 15) is 0 Å². The third kappa shape index (κ3) is 5.15. The van der Waals surface area contributed by atoms with Crippen molar-refractivity contribution >= 4 is 85.0 Å². The summed E-state index contributed by atoms with van der Waals surface area (Å²) in [5.74, 6) is 1.80. The standard InChI is InChI=1S/C51H29N3OS2/c1-3-14-30(15-4-1)49-52-50(31-16-5-2-6-17-31)54-51(53-49)39-24-12-23-38-45-33(20-13-25-41(45)55-47(38)39)32-28-40(46-37-19-8-10-27-43(37)56-44(46)29-32)36-22-11-21-35-34-18-7-9-26-42(34)57-48(35)36/h1-29H. The lowest BCUT2D eigenvalue weighted by Crippen LogP contribution is -2.00. The molecule has 0 bridgehead atoms. The molecule has 0 N–H and O–H groups in total. The molecule has 0 spiro atoms. The maximum atomic E-state index is 6.84. The number of hydrogen-bond acceptors (Lipinski definition) is 6. The van der Waals surface area contributed by atoms with Crippen molar-refractivity contribution in [3.05, 3.63) is 176 Å². The van der Waals surface area contributed by atoms with Gasteiger partial charge in [-0.2, -0.15) is 0 Å². The summed E-state index contributed by atoms with van der Waals surface area (Å²) in [7, 11) is 0. The Morgan fingerprint density at radius 3 is 1.68 bits per heavy atom. The van der Waals surface area contributed by atoms with Gasteiger partial charge in [0.1, 0.15) is 11.2 Å². The lowest BCUT2D eigenvalue weighted by Gasteiger charge is -2.11. The highest BCUT2D eigenvalue weighted by molar-refractivity contribution is 7.27. The van der Waals surface area contributed by atoms with Gasteiger partial charge in [-0.15, -0.1) is 22.7 Å². The van der Waals surface area contributed by atoms with Crippen LogP contribution in [0.1, 0.15) is 0 Å². The Hall–Kier alpha value is -6.99. The molecule has 0 fully saturated rings. The fourth-order valence-electron chi connectivity index (χ4n) is 8.38. The van der Waals surface area contributed by atoms with Gasteiger partial charge in [0.2, 0.25) is 0 Å². The molecule has 12 rings (SSSR count). The quantitative estimate of drug-likeness (QED) is 0.175. The number of fused-ring (bicyclic) bond motifs is 9. The monoisotopic (exact) mass is 763 g/mol. The topological polar surface area (TPSA) is 51.8 Å². The first kappa shape index (κ1) is 32.3. The van der Waals surface area contributed by atoms with Crippen molar-refractivity contribution in [2.45, 2.75) is 0 Å². The second-order valence-corrected chi connectivity index (χ2v) is 16.4. The van der Waals surface area contributed by atoms with Gasteiger partial charge in [-0.05, 0) is 53.1 Å². The van der Waals surface area contributed by atoms with Crippen molar-refractivity contribution < 1.29 is 4.42 Å². The Morgan fingerprint density at radius 1 is 0.351 bits per heavy atom. The smallest absolute Gasteiger partial charge is 0.167 e. The van der Waals surface area contributed by atoms with E-state index in [2.05, 4.69) is 115 Å². The number of benzene rings is 8. The summed E-state index contributed by atoms with van der Waals surface area (Å²) in [6.07, 6.45) is 0. The minimum absolute atomic E-state index is 0.569.